The van der Waals surface area contributed by atoms with Crippen molar-refractivity contribution in [2.24, 2.45) is 0 Å². The van der Waals surface area contributed by atoms with Crippen molar-refractivity contribution >= 4 is 35.4 Å². The number of hydrogen-bond acceptors (Lipinski definition) is 4. The molecule has 2 N–H and O–H groups in total. The summed E-state index contributed by atoms with van der Waals surface area (Å²) in [4.78, 5) is 21.4. The average molecular weight is 251 g/mol. The zero-order chi connectivity index (χ0) is 11.7. The second-order valence-corrected chi connectivity index (χ2v) is 5.43. The molecular formula is C9H17NO3S2. The standard InChI is InChI=1S/C9H17NO3S2/c1-7(14-2)5-8(11)10-3-4-15-6-9(12)13/h7H,3-6H2,1-2H3,(H,10,11)(H,12,13). The highest BCUT2D eigenvalue weighted by molar-refractivity contribution is 8.00. The number of rotatable bonds is 8. The van der Waals surface area contributed by atoms with Gasteiger partial charge in [0.1, 0.15) is 0 Å². The van der Waals surface area contributed by atoms with E-state index in [2.05, 4.69) is 5.32 Å². The van der Waals surface area contributed by atoms with Crippen molar-refractivity contribution in [2.45, 2.75) is 18.6 Å². The van der Waals surface area contributed by atoms with Crippen LogP contribution in [0.5, 0.6) is 0 Å². The molecule has 1 unspecified atom stereocenters. The summed E-state index contributed by atoms with van der Waals surface area (Å²) in [6.07, 6.45) is 2.49. The third-order valence-electron chi connectivity index (χ3n) is 1.67. The second kappa shape index (κ2) is 8.91. The number of carboxylic acid groups (broad SMARTS) is 1. The molecule has 88 valence electrons. The van der Waals surface area contributed by atoms with Gasteiger partial charge >= 0.3 is 5.97 Å². The van der Waals surface area contributed by atoms with E-state index in [0.29, 0.717) is 24.0 Å². The van der Waals surface area contributed by atoms with Crippen LogP contribution < -0.4 is 5.32 Å². The monoisotopic (exact) mass is 251 g/mol. The van der Waals surface area contributed by atoms with Crippen LogP contribution in [-0.4, -0.2) is 46.5 Å². The number of carbonyl (C=O) groups excluding carboxylic acids is 1. The molecular weight excluding hydrogens is 234 g/mol. The second-order valence-electron chi connectivity index (χ2n) is 3.05. The fourth-order valence-corrected chi connectivity index (χ4v) is 1.72. The molecule has 0 aliphatic heterocycles. The van der Waals surface area contributed by atoms with Crippen molar-refractivity contribution in [3.63, 3.8) is 0 Å². The molecule has 0 radical (unpaired) electrons. The molecule has 1 amide bonds. The number of carbonyl (C=O) groups is 2. The Morgan fingerprint density at radius 2 is 2.13 bits per heavy atom. The number of amides is 1. The van der Waals surface area contributed by atoms with Gasteiger partial charge in [0.15, 0.2) is 0 Å². The van der Waals surface area contributed by atoms with Crippen LogP contribution in [0.3, 0.4) is 0 Å². The van der Waals surface area contributed by atoms with Gasteiger partial charge in [-0.05, 0) is 6.26 Å². The molecule has 15 heavy (non-hydrogen) atoms. The zero-order valence-corrected chi connectivity index (χ0v) is 10.6. The largest absolute Gasteiger partial charge is 0.481 e. The maximum absolute atomic E-state index is 11.3. The van der Waals surface area contributed by atoms with Crippen LogP contribution in [-0.2, 0) is 9.59 Å². The highest BCUT2D eigenvalue weighted by atomic mass is 32.2. The Bertz CT molecular complexity index is 212. The average Bonchev–Trinajstić information content (AvgIpc) is 2.16. The van der Waals surface area contributed by atoms with Gasteiger partial charge in [-0.25, -0.2) is 0 Å². The van der Waals surface area contributed by atoms with E-state index in [4.69, 9.17) is 5.11 Å². The van der Waals surface area contributed by atoms with Gasteiger partial charge in [0.05, 0.1) is 5.75 Å². The molecule has 0 fully saturated rings. The quantitative estimate of drug-likeness (QED) is 0.632. The van der Waals surface area contributed by atoms with Crippen molar-refractivity contribution in [3.8, 4) is 0 Å². The van der Waals surface area contributed by atoms with Crippen molar-refractivity contribution in [2.75, 3.05) is 24.3 Å². The number of hydrogen-bond donors (Lipinski definition) is 2. The lowest BCUT2D eigenvalue weighted by Crippen LogP contribution is -2.27. The van der Waals surface area contributed by atoms with Crippen LogP contribution in [0.4, 0.5) is 0 Å². The van der Waals surface area contributed by atoms with Crippen LogP contribution in [0.25, 0.3) is 0 Å². The minimum Gasteiger partial charge on any atom is -0.481 e. The van der Waals surface area contributed by atoms with Crippen LogP contribution in [0.15, 0.2) is 0 Å². The minimum atomic E-state index is -0.817. The third kappa shape index (κ3) is 9.93. The van der Waals surface area contributed by atoms with Gasteiger partial charge in [-0.1, -0.05) is 6.92 Å². The van der Waals surface area contributed by atoms with Crippen molar-refractivity contribution < 1.29 is 14.7 Å². The number of nitrogens with one attached hydrogen (secondary N) is 1. The summed E-state index contributed by atoms with van der Waals surface area (Å²) in [6.45, 7) is 2.54. The normalized spacial score (nSPS) is 12.1. The highest BCUT2D eigenvalue weighted by Gasteiger charge is 2.06. The molecule has 0 heterocycles. The highest BCUT2D eigenvalue weighted by Crippen LogP contribution is 2.08. The van der Waals surface area contributed by atoms with E-state index >= 15 is 0 Å². The molecule has 0 aliphatic rings. The van der Waals surface area contributed by atoms with Gasteiger partial charge in [-0.15, -0.1) is 11.8 Å². The number of carboxylic acids is 1. The fourth-order valence-electron chi connectivity index (χ4n) is 0.839. The lowest BCUT2D eigenvalue weighted by molar-refractivity contribution is -0.133. The van der Waals surface area contributed by atoms with Gasteiger partial charge in [-0.2, -0.15) is 11.8 Å². The Labute approximate surface area is 98.6 Å². The van der Waals surface area contributed by atoms with E-state index in [1.807, 2.05) is 13.2 Å². The zero-order valence-electron chi connectivity index (χ0n) is 8.99. The molecule has 0 aromatic rings. The van der Waals surface area contributed by atoms with E-state index in [-0.39, 0.29) is 11.7 Å². The molecule has 0 aliphatic carbocycles. The molecule has 0 aromatic heterocycles. The molecule has 0 rings (SSSR count). The van der Waals surface area contributed by atoms with Gasteiger partial charge in [-0.3, -0.25) is 9.59 Å². The van der Waals surface area contributed by atoms with Crippen molar-refractivity contribution in [3.05, 3.63) is 0 Å². The van der Waals surface area contributed by atoms with E-state index in [1.165, 1.54) is 11.8 Å². The topological polar surface area (TPSA) is 66.4 Å². The predicted octanol–water partition coefficient (Wildman–Crippen LogP) is 1.06. The van der Waals surface area contributed by atoms with Crippen molar-refractivity contribution in [1.82, 2.24) is 5.32 Å². The van der Waals surface area contributed by atoms with E-state index in [9.17, 15) is 9.59 Å². The van der Waals surface area contributed by atoms with E-state index in [0.717, 1.165) is 0 Å². The Morgan fingerprint density at radius 1 is 1.47 bits per heavy atom. The fraction of sp³-hybridized carbons (Fsp3) is 0.778. The van der Waals surface area contributed by atoms with Crippen LogP contribution in [0.2, 0.25) is 0 Å². The first-order valence-corrected chi connectivity index (χ1v) is 7.09. The Balaban J connectivity index is 3.35. The SMILES string of the molecule is CSC(C)CC(=O)NCCSCC(=O)O. The Morgan fingerprint density at radius 3 is 2.67 bits per heavy atom. The predicted molar refractivity (Wildman–Crippen MR) is 65.6 cm³/mol. The smallest absolute Gasteiger partial charge is 0.313 e. The Hall–Kier alpha value is -0.360. The van der Waals surface area contributed by atoms with E-state index < -0.39 is 5.97 Å². The van der Waals surface area contributed by atoms with Crippen molar-refractivity contribution in [1.29, 1.82) is 0 Å². The third-order valence-corrected chi connectivity index (χ3v) is 3.58. The van der Waals surface area contributed by atoms with Crippen LogP contribution in [0.1, 0.15) is 13.3 Å². The molecule has 4 nitrogen and oxygen atoms in total. The molecule has 0 saturated heterocycles. The maximum atomic E-state index is 11.3. The summed E-state index contributed by atoms with van der Waals surface area (Å²) in [5.74, 6) is -0.0434. The maximum Gasteiger partial charge on any atom is 0.313 e. The van der Waals surface area contributed by atoms with Gasteiger partial charge in [0.25, 0.3) is 0 Å². The first-order chi connectivity index (χ1) is 7.06. The summed E-state index contributed by atoms with van der Waals surface area (Å²) in [7, 11) is 0. The first kappa shape index (κ1) is 14.6. The van der Waals surface area contributed by atoms with Gasteiger partial charge in [0, 0.05) is 24.0 Å². The lowest BCUT2D eigenvalue weighted by atomic mass is 10.3. The molecule has 0 aromatic carbocycles. The summed E-state index contributed by atoms with van der Waals surface area (Å²) >= 11 is 2.97. The molecule has 0 saturated carbocycles. The summed E-state index contributed by atoms with van der Waals surface area (Å²) in [5, 5.41) is 11.4. The number of thioether (sulfide) groups is 2. The number of aliphatic carboxylic acids is 1. The molecule has 6 heteroatoms. The van der Waals surface area contributed by atoms with Gasteiger partial charge < -0.3 is 10.4 Å². The van der Waals surface area contributed by atoms with Crippen LogP contribution >= 0.6 is 23.5 Å². The molecule has 1 atom stereocenters. The van der Waals surface area contributed by atoms with Gasteiger partial charge in [0.2, 0.25) is 5.91 Å². The first-order valence-electron chi connectivity index (χ1n) is 4.65. The Kier molecular flexibility index (Phi) is 8.70. The molecule has 0 spiro atoms. The van der Waals surface area contributed by atoms with Crippen LogP contribution in [0, 0.1) is 0 Å². The summed E-state index contributed by atoms with van der Waals surface area (Å²) < 4.78 is 0. The lowest BCUT2D eigenvalue weighted by Gasteiger charge is -2.08. The summed E-state index contributed by atoms with van der Waals surface area (Å²) in [5.41, 5.74) is 0. The summed E-state index contributed by atoms with van der Waals surface area (Å²) in [6, 6.07) is 0. The minimum absolute atomic E-state index is 0.0350. The molecule has 0 bridgehead atoms. The van der Waals surface area contributed by atoms with E-state index in [1.54, 1.807) is 11.8 Å².